The monoisotopic (exact) mass is 368 g/mol. The fourth-order valence-corrected chi connectivity index (χ4v) is 3.63. The van der Waals surface area contributed by atoms with E-state index in [1.807, 2.05) is 7.05 Å². The highest BCUT2D eigenvalue weighted by Crippen LogP contribution is 2.18. The van der Waals surface area contributed by atoms with E-state index in [0.29, 0.717) is 0 Å². The summed E-state index contributed by atoms with van der Waals surface area (Å²) >= 11 is 0. The van der Waals surface area contributed by atoms with Gasteiger partial charge in [-0.3, -0.25) is 9.89 Å². The van der Waals surface area contributed by atoms with Crippen LogP contribution in [0.4, 0.5) is 0 Å². The zero-order valence-corrected chi connectivity index (χ0v) is 16.8. The molecule has 0 spiro atoms. The van der Waals surface area contributed by atoms with Crippen LogP contribution in [-0.2, 0) is 11.2 Å². The maximum atomic E-state index is 5.47. The van der Waals surface area contributed by atoms with Crippen LogP contribution in [0.5, 0.6) is 0 Å². The van der Waals surface area contributed by atoms with E-state index in [1.165, 1.54) is 16.3 Å². The summed E-state index contributed by atoms with van der Waals surface area (Å²) in [5.41, 5.74) is 1.43. The van der Waals surface area contributed by atoms with Crippen LogP contribution in [0.3, 0.4) is 0 Å². The molecular weight excluding hydrogens is 336 g/mol. The summed E-state index contributed by atoms with van der Waals surface area (Å²) in [6.45, 7) is 9.86. The standard InChI is InChI=1S/C22H32N4O/c1-22(2,26-13-15-27-16-14-26)17-25-21(23-3)24-12-11-19-9-6-8-18-7-4-5-10-20(18)19/h4-10H,11-17H2,1-3H3,(H2,23,24,25). The molecule has 2 N–H and O–H groups in total. The van der Waals surface area contributed by atoms with Gasteiger partial charge in [-0.2, -0.15) is 0 Å². The second kappa shape index (κ2) is 9.20. The van der Waals surface area contributed by atoms with E-state index in [1.54, 1.807) is 0 Å². The number of aliphatic imine (C=N–C) groups is 1. The van der Waals surface area contributed by atoms with Crippen LogP contribution in [0, 0.1) is 0 Å². The first-order valence-electron chi connectivity index (χ1n) is 9.84. The number of guanidine groups is 1. The molecule has 1 fully saturated rings. The Morgan fingerprint density at radius 2 is 1.81 bits per heavy atom. The third-order valence-corrected chi connectivity index (χ3v) is 5.35. The lowest BCUT2D eigenvalue weighted by Crippen LogP contribution is -2.56. The molecule has 0 unspecified atom stereocenters. The number of hydrogen-bond donors (Lipinski definition) is 2. The average molecular weight is 369 g/mol. The van der Waals surface area contributed by atoms with Crippen molar-refractivity contribution < 1.29 is 4.74 Å². The molecule has 5 nitrogen and oxygen atoms in total. The molecule has 146 valence electrons. The van der Waals surface area contributed by atoms with Gasteiger partial charge in [0, 0.05) is 38.8 Å². The van der Waals surface area contributed by atoms with Gasteiger partial charge in [-0.05, 0) is 36.6 Å². The lowest BCUT2D eigenvalue weighted by Gasteiger charge is -2.41. The zero-order valence-electron chi connectivity index (χ0n) is 16.8. The smallest absolute Gasteiger partial charge is 0.191 e. The number of hydrogen-bond acceptors (Lipinski definition) is 3. The molecule has 0 aliphatic carbocycles. The molecule has 0 saturated carbocycles. The lowest BCUT2D eigenvalue weighted by atomic mass is 10.0. The number of benzene rings is 2. The molecule has 0 bridgehead atoms. The Hall–Kier alpha value is -2.11. The third kappa shape index (κ3) is 5.21. The summed E-state index contributed by atoms with van der Waals surface area (Å²) in [6, 6.07) is 15.1. The Bertz CT molecular complexity index is 761. The van der Waals surface area contributed by atoms with Gasteiger partial charge in [0.25, 0.3) is 0 Å². The van der Waals surface area contributed by atoms with Gasteiger partial charge in [-0.15, -0.1) is 0 Å². The Kier molecular flexibility index (Phi) is 6.69. The number of nitrogens with one attached hydrogen (secondary N) is 2. The van der Waals surface area contributed by atoms with Gasteiger partial charge in [0.2, 0.25) is 0 Å². The minimum absolute atomic E-state index is 0.0665. The SMILES string of the molecule is CN=C(NCCc1cccc2ccccc12)NCC(C)(C)N1CCOCC1. The fourth-order valence-electron chi connectivity index (χ4n) is 3.63. The molecule has 2 aromatic carbocycles. The summed E-state index contributed by atoms with van der Waals surface area (Å²) in [6.07, 6.45) is 0.967. The Labute approximate surface area is 162 Å². The first-order valence-corrected chi connectivity index (χ1v) is 9.84. The molecule has 1 aliphatic rings. The van der Waals surface area contributed by atoms with E-state index in [0.717, 1.165) is 51.8 Å². The molecule has 1 saturated heterocycles. The second-order valence-electron chi connectivity index (χ2n) is 7.65. The van der Waals surface area contributed by atoms with Crippen molar-refractivity contribution in [1.29, 1.82) is 0 Å². The Morgan fingerprint density at radius 1 is 1.07 bits per heavy atom. The Balaban J connectivity index is 1.50. The molecule has 0 atom stereocenters. The van der Waals surface area contributed by atoms with Crippen LogP contribution >= 0.6 is 0 Å². The molecular formula is C22H32N4O. The summed E-state index contributed by atoms with van der Waals surface area (Å²) in [4.78, 5) is 6.86. The van der Waals surface area contributed by atoms with Crippen molar-refractivity contribution >= 4 is 16.7 Å². The molecule has 3 rings (SSSR count). The summed E-state index contributed by atoms with van der Waals surface area (Å²) < 4.78 is 5.47. The van der Waals surface area contributed by atoms with E-state index < -0.39 is 0 Å². The molecule has 0 amide bonds. The fraction of sp³-hybridized carbons (Fsp3) is 0.500. The van der Waals surface area contributed by atoms with E-state index in [9.17, 15) is 0 Å². The predicted octanol–water partition coefficient (Wildman–Crippen LogP) is 2.66. The van der Waals surface area contributed by atoms with Crippen LogP contribution in [0.15, 0.2) is 47.5 Å². The minimum atomic E-state index is 0.0665. The number of ether oxygens (including phenoxy) is 1. The zero-order chi connectivity index (χ0) is 19.1. The quantitative estimate of drug-likeness (QED) is 0.608. The summed E-state index contributed by atoms with van der Waals surface area (Å²) in [5.74, 6) is 0.858. The molecule has 5 heteroatoms. The van der Waals surface area contributed by atoms with Crippen molar-refractivity contribution in [1.82, 2.24) is 15.5 Å². The van der Waals surface area contributed by atoms with E-state index >= 15 is 0 Å². The summed E-state index contributed by atoms with van der Waals surface area (Å²) in [7, 11) is 1.83. The van der Waals surface area contributed by atoms with Gasteiger partial charge < -0.3 is 15.4 Å². The van der Waals surface area contributed by atoms with Gasteiger partial charge in [-0.1, -0.05) is 42.5 Å². The van der Waals surface area contributed by atoms with Crippen molar-refractivity contribution in [3.05, 3.63) is 48.0 Å². The van der Waals surface area contributed by atoms with Crippen molar-refractivity contribution in [3.8, 4) is 0 Å². The highest BCUT2D eigenvalue weighted by molar-refractivity contribution is 5.85. The topological polar surface area (TPSA) is 48.9 Å². The van der Waals surface area contributed by atoms with Gasteiger partial charge in [-0.25, -0.2) is 0 Å². The lowest BCUT2D eigenvalue weighted by molar-refractivity contribution is -0.00833. The molecule has 27 heavy (non-hydrogen) atoms. The maximum absolute atomic E-state index is 5.47. The van der Waals surface area contributed by atoms with Crippen LogP contribution in [0.25, 0.3) is 10.8 Å². The highest BCUT2D eigenvalue weighted by Gasteiger charge is 2.28. The first-order chi connectivity index (χ1) is 13.1. The number of nitrogens with zero attached hydrogens (tertiary/aromatic N) is 2. The Morgan fingerprint density at radius 3 is 2.59 bits per heavy atom. The number of rotatable bonds is 6. The normalized spacial score (nSPS) is 16.5. The van der Waals surface area contributed by atoms with Crippen molar-refractivity contribution in [2.24, 2.45) is 4.99 Å². The second-order valence-corrected chi connectivity index (χ2v) is 7.65. The molecule has 0 radical (unpaired) electrons. The number of fused-ring (bicyclic) bond motifs is 1. The predicted molar refractivity (Wildman–Crippen MR) is 113 cm³/mol. The van der Waals surface area contributed by atoms with Gasteiger partial charge in [0.15, 0.2) is 5.96 Å². The minimum Gasteiger partial charge on any atom is -0.379 e. The van der Waals surface area contributed by atoms with Crippen LogP contribution in [-0.4, -0.2) is 62.8 Å². The summed E-state index contributed by atoms with van der Waals surface area (Å²) in [5, 5.41) is 9.57. The van der Waals surface area contributed by atoms with Gasteiger partial charge >= 0.3 is 0 Å². The van der Waals surface area contributed by atoms with Gasteiger partial charge in [0.05, 0.1) is 13.2 Å². The van der Waals surface area contributed by atoms with Crippen molar-refractivity contribution in [2.45, 2.75) is 25.8 Å². The molecule has 1 aliphatic heterocycles. The average Bonchev–Trinajstić information content (AvgIpc) is 2.71. The van der Waals surface area contributed by atoms with Crippen LogP contribution < -0.4 is 10.6 Å². The highest BCUT2D eigenvalue weighted by atomic mass is 16.5. The van der Waals surface area contributed by atoms with Gasteiger partial charge in [0.1, 0.15) is 0 Å². The van der Waals surface area contributed by atoms with Crippen molar-refractivity contribution in [3.63, 3.8) is 0 Å². The number of morpholine rings is 1. The van der Waals surface area contributed by atoms with E-state index in [2.05, 4.69) is 76.8 Å². The van der Waals surface area contributed by atoms with Crippen molar-refractivity contribution in [2.75, 3.05) is 46.4 Å². The third-order valence-electron chi connectivity index (χ3n) is 5.35. The molecule has 0 aromatic heterocycles. The van der Waals surface area contributed by atoms with Crippen LogP contribution in [0.2, 0.25) is 0 Å². The molecule has 2 aromatic rings. The first kappa shape index (κ1) is 19.6. The van der Waals surface area contributed by atoms with E-state index in [-0.39, 0.29) is 5.54 Å². The molecule has 1 heterocycles. The van der Waals surface area contributed by atoms with Crippen LogP contribution in [0.1, 0.15) is 19.4 Å². The van der Waals surface area contributed by atoms with E-state index in [4.69, 9.17) is 4.74 Å². The largest absolute Gasteiger partial charge is 0.379 e. The maximum Gasteiger partial charge on any atom is 0.191 e.